The van der Waals surface area contributed by atoms with Gasteiger partial charge in [-0.2, -0.15) is 0 Å². The van der Waals surface area contributed by atoms with Crippen molar-refractivity contribution in [3.63, 3.8) is 0 Å². The molecule has 19 heavy (non-hydrogen) atoms. The minimum atomic E-state index is -0.336. The molecule has 1 heterocycles. The van der Waals surface area contributed by atoms with Gasteiger partial charge in [-0.25, -0.2) is 4.98 Å². The lowest BCUT2D eigenvalue weighted by atomic mass is 9.87. The van der Waals surface area contributed by atoms with E-state index in [1.807, 2.05) is 24.3 Å². The first-order valence-corrected chi connectivity index (χ1v) is 6.20. The first kappa shape index (κ1) is 13.3. The molecule has 0 atom stereocenters. The van der Waals surface area contributed by atoms with E-state index in [2.05, 4.69) is 31.1 Å². The molecular weight excluding hydrogens is 240 g/mol. The quantitative estimate of drug-likeness (QED) is 0.896. The maximum absolute atomic E-state index is 11.8. The number of benzene rings is 1. The number of anilines is 1. The number of nitrogens with zero attached hydrogens (tertiary/aromatic N) is 1. The van der Waals surface area contributed by atoms with Crippen LogP contribution in [0.15, 0.2) is 34.9 Å². The molecule has 0 saturated heterocycles. The average Bonchev–Trinajstić information content (AvgIpc) is 2.75. The topological polar surface area (TPSA) is 55.1 Å². The molecule has 0 saturated carbocycles. The third-order valence-corrected chi connectivity index (χ3v) is 2.82. The SMILES string of the molecule is Cc1cnc(C(=O)Nc2ccc(C(C)(C)C)cc2)o1. The molecule has 0 unspecified atom stereocenters. The number of amides is 1. The van der Waals surface area contributed by atoms with Crippen LogP contribution < -0.4 is 5.32 Å². The van der Waals surface area contributed by atoms with Crippen molar-refractivity contribution in [1.29, 1.82) is 0 Å². The summed E-state index contributed by atoms with van der Waals surface area (Å²) in [5, 5.41) is 2.76. The van der Waals surface area contributed by atoms with Crippen LogP contribution in [0.2, 0.25) is 0 Å². The zero-order chi connectivity index (χ0) is 14.0. The van der Waals surface area contributed by atoms with E-state index in [-0.39, 0.29) is 17.2 Å². The second-order valence-corrected chi connectivity index (χ2v) is 5.56. The highest BCUT2D eigenvalue weighted by Gasteiger charge is 2.15. The van der Waals surface area contributed by atoms with Crippen molar-refractivity contribution in [2.75, 3.05) is 5.32 Å². The van der Waals surface area contributed by atoms with Crippen molar-refractivity contribution >= 4 is 11.6 Å². The second-order valence-electron chi connectivity index (χ2n) is 5.56. The Morgan fingerprint density at radius 2 is 1.84 bits per heavy atom. The molecule has 1 aromatic carbocycles. The van der Waals surface area contributed by atoms with Crippen LogP contribution >= 0.6 is 0 Å². The number of carbonyl (C=O) groups is 1. The summed E-state index contributed by atoms with van der Waals surface area (Å²) < 4.78 is 5.17. The second kappa shape index (κ2) is 4.88. The van der Waals surface area contributed by atoms with E-state index in [0.29, 0.717) is 5.76 Å². The minimum Gasteiger partial charge on any atom is -0.438 e. The Kier molecular flexibility index (Phi) is 3.42. The number of aromatic nitrogens is 1. The number of rotatable bonds is 2. The van der Waals surface area contributed by atoms with Crippen LogP contribution in [0, 0.1) is 6.92 Å². The van der Waals surface area contributed by atoms with Crippen molar-refractivity contribution in [3.8, 4) is 0 Å². The molecule has 1 amide bonds. The van der Waals surface area contributed by atoms with E-state index >= 15 is 0 Å². The Morgan fingerprint density at radius 3 is 2.32 bits per heavy atom. The summed E-state index contributed by atoms with van der Waals surface area (Å²) in [7, 11) is 0. The molecule has 4 nitrogen and oxygen atoms in total. The molecule has 100 valence electrons. The summed E-state index contributed by atoms with van der Waals surface area (Å²) in [5.74, 6) is 0.363. The van der Waals surface area contributed by atoms with Crippen molar-refractivity contribution < 1.29 is 9.21 Å². The van der Waals surface area contributed by atoms with Gasteiger partial charge in [0.1, 0.15) is 5.76 Å². The predicted molar refractivity (Wildman–Crippen MR) is 74.3 cm³/mol. The zero-order valence-corrected chi connectivity index (χ0v) is 11.7. The highest BCUT2D eigenvalue weighted by atomic mass is 16.4. The fraction of sp³-hybridized carbons (Fsp3) is 0.333. The van der Waals surface area contributed by atoms with Crippen molar-refractivity contribution in [2.45, 2.75) is 33.1 Å². The highest BCUT2D eigenvalue weighted by Crippen LogP contribution is 2.23. The lowest BCUT2D eigenvalue weighted by Gasteiger charge is -2.19. The van der Waals surface area contributed by atoms with Gasteiger partial charge in [0, 0.05) is 5.69 Å². The van der Waals surface area contributed by atoms with Crippen molar-refractivity contribution in [1.82, 2.24) is 4.98 Å². The largest absolute Gasteiger partial charge is 0.438 e. The summed E-state index contributed by atoms with van der Waals surface area (Å²) in [6, 6.07) is 7.79. The maximum atomic E-state index is 11.8. The van der Waals surface area contributed by atoms with Crippen LogP contribution in [0.3, 0.4) is 0 Å². The van der Waals surface area contributed by atoms with Crippen LogP contribution in [-0.2, 0) is 5.41 Å². The summed E-state index contributed by atoms with van der Waals surface area (Å²) in [6.45, 7) is 8.20. The van der Waals surface area contributed by atoms with Gasteiger partial charge in [0.25, 0.3) is 5.89 Å². The maximum Gasteiger partial charge on any atom is 0.311 e. The third kappa shape index (κ3) is 3.22. The van der Waals surface area contributed by atoms with Gasteiger partial charge in [-0.15, -0.1) is 0 Å². The van der Waals surface area contributed by atoms with Gasteiger partial charge in [0.05, 0.1) is 6.20 Å². The smallest absolute Gasteiger partial charge is 0.311 e. The normalized spacial score (nSPS) is 11.4. The Morgan fingerprint density at radius 1 is 1.21 bits per heavy atom. The Labute approximate surface area is 112 Å². The van der Waals surface area contributed by atoms with Gasteiger partial charge in [-0.1, -0.05) is 32.9 Å². The average molecular weight is 258 g/mol. The van der Waals surface area contributed by atoms with E-state index in [4.69, 9.17) is 4.42 Å². The van der Waals surface area contributed by atoms with E-state index in [0.717, 1.165) is 5.69 Å². The summed E-state index contributed by atoms with van der Waals surface area (Å²) >= 11 is 0. The molecule has 2 rings (SSSR count). The van der Waals surface area contributed by atoms with E-state index < -0.39 is 0 Å². The number of hydrogen-bond acceptors (Lipinski definition) is 3. The van der Waals surface area contributed by atoms with Gasteiger partial charge in [0.2, 0.25) is 0 Å². The molecule has 0 aliphatic carbocycles. The third-order valence-electron chi connectivity index (χ3n) is 2.82. The monoisotopic (exact) mass is 258 g/mol. The highest BCUT2D eigenvalue weighted by molar-refractivity contribution is 6.00. The van der Waals surface area contributed by atoms with E-state index in [9.17, 15) is 4.79 Å². The van der Waals surface area contributed by atoms with E-state index in [1.165, 1.54) is 11.8 Å². The van der Waals surface area contributed by atoms with Gasteiger partial charge in [-0.05, 0) is 30.0 Å². The van der Waals surface area contributed by atoms with Crippen LogP contribution in [0.1, 0.15) is 42.8 Å². The summed E-state index contributed by atoms with van der Waals surface area (Å²) in [4.78, 5) is 15.7. The molecule has 0 aliphatic heterocycles. The summed E-state index contributed by atoms with van der Waals surface area (Å²) in [5.41, 5.74) is 2.05. The molecule has 1 N–H and O–H groups in total. The summed E-state index contributed by atoms with van der Waals surface area (Å²) in [6.07, 6.45) is 1.53. The lowest BCUT2D eigenvalue weighted by Crippen LogP contribution is -2.13. The molecule has 0 fully saturated rings. The number of hydrogen-bond donors (Lipinski definition) is 1. The number of carbonyl (C=O) groups excluding carboxylic acids is 1. The fourth-order valence-electron chi connectivity index (χ4n) is 1.70. The van der Waals surface area contributed by atoms with Crippen molar-refractivity contribution in [3.05, 3.63) is 47.7 Å². The van der Waals surface area contributed by atoms with Gasteiger partial charge in [-0.3, -0.25) is 4.79 Å². The van der Waals surface area contributed by atoms with E-state index in [1.54, 1.807) is 6.92 Å². The van der Waals surface area contributed by atoms with Gasteiger partial charge in [0.15, 0.2) is 0 Å². The first-order chi connectivity index (χ1) is 8.86. The Bertz CT molecular complexity index is 577. The molecule has 0 radical (unpaired) electrons. The van der Waals surface area contributed by atoms with Crippen LogP contribution in [0.25, 0.3) is 0 Å². The standard InChI is InChI=1S/C15H18N2O2/c1-10-9-16-14(19-10)13(18)17-12-7-5-11(6-8-12)15(2,3)4/h5-9H,1-4H3,(H,17,18). The minimum absolute atomic E-state index is 0.0809. The molecular formula is C15H18N2O2. The van der Waals surface area contributed by atoms with Gasteiger partial charge >= 0.3 is 5.91 Å². The molecule has 0 spiro atoms. The Hall–Kier alpha value is -2.10. The molecule has 4 heteroatoms. The van der Waals surface area contributed by atoms with Gasteiger partial charge < -0.3 is 9.73 Å². The zero-order valence-electron chi connectivity index (χ0n) is 11.7. The van der Waals surface area contributed by atoms with Crippen LogP contribution in [-0.4, -0.2) is 10.9 Å². The molecule has 2 aromatic rings. The Balaban J connectivity index is 2.10. The predicted octanol–water partition coefficient (Wildman–Crippen LogP) is 3.53. The number of nitrogens with one attached hydrogen (secondary N) is 1. The molecule has 0 bridgehead atoms. The number of aryl methyl sites for hydroxylation is 1. The fourth-order valence-corrected chi connectivity index (χ4v) is 1.70. The van der Waals surface area contributed by atoms with Crippen molar-refractivity contribution in [2.24, 2.45) is 0 Å². The lowest BCUT2D eigenvalue weighted by molar-refractivity contribution is 0.0989. The van der Waals surface area contributed by atoms with Crippen LogP contribution in [0.4, 0.5) is 5.69 Å². The first-order valence-electron chi connectivity index (χ1n) is 6.20. The number of oxazole rings is 1. The van der Waals surface area contributed by atoms with Crippen LogP contribution in [0.5, 0.6) is 0 Å². The molecule has 0 aliphatic rings. The molecule has 1 aromatic heterocycles.